The van der Waals surface area contributed by atoms with E-state index >= 15 is 0 Å². The molecule has 4 radical (unpaired) electrons. The van der Waals surface area contributed by atoms with Gasteiger partial charge in [-0.25, -0.2) is 0 Å². The van der Waals surface area contributed by atoms with Crippen molar-refractivity contribution in [3.8, 4) is 0 Å². The Labute approximate surface area is 315 Å². The normalized spacial score (nSPS) is 0. The van der Waals surface area contributed by atoms with Gasteiger partial charge in [0.1, 0.15) is 0 Å². The van der Waals surface area contributed by atoms with E-state index in [1.165, 1.54) is 0 Å². The van der Waals surface area contributed by atoms with Gasteiger partial charge in [0, 0.05) is 0 Å². The third-order valence-corrected chi connectivity index (χ3v) is 0. The molecule has 0 saturated carbocycles. The summed E-state index contributed by atoms with van der Waals surface area (Å²) in [7, 11) is 0. The van der Waals surface area contributed by atoms with Crippen molar-refractivity contribution in [2.75, 3.05) is 0 Å². The van der Waals surface area contributed by atoms with Gasteiger partial charge >= 0.3 is 228 Å². The molecule has 0 aliphatic heterocycles. The van der Waals surface area contributed by atoms with Gasteiger partial charge in [0.05, 0.1) is 0 Å². The Balaban J connectivity index is 0. The Morgan fingerprint density at radius 3 is 0.222 bits per heavy atom. The molecule has 0 unspecified atom stereocenters. The number of hydrogen-bond donors (Lipinski definition) is 0. The predicted molar refractivity (Wildman–Crippen MR) is 23.2 cm³/mol. The summed E-state index contributed by atoms with van der Waals surface area (Å²) >= 11 is 0. The molecule has 27 heavy (non-hydrogen) atoms. The van der Waals surface area contributed by atoms with E-state index in [0.29, 0.717) is 0 Å². The minimum absolute atomic E-state index is 0. The van der Waals surface area contributed by atoms with Crippen LogP contribution >= 0.6 is 0 Å². The van der Waals surface area contributed by atoms with Crippen LogP contribution in [0.5, 0.6) is 0 Å². The maximum absolute atomic E-state index is 0. The van der Waals surface area contributed by atoms with Crippen LogP contribution in [-0.4, -0.2) is 54.6 Å². The van der Waals surface area contributed by atoms with Gasteiger partial charge in [-0.3, -0.25) is 0 Å². The van der Waals surface area contributed by atoms with Crippen molar-refractivity contribution < 1.29 is 267 Å². The van der Waals surface area contributed by atoms with Crippen LogP contribution in [0.2, 0.25) is 0 Å². The van der Waals surface area contributed by atoms with E-state index in [0.717, 1.165) is 0 Å². The Morgan fingerprint density at radius 1 is 0.222 bits per heavy atom. The second-order valence-electron chi connectivity index (χ2n) is 0. The van der Waals surface area contributed by atoms with E-state index in [1.807, 2.05) is 0 Å². The first-order valence-electron chi connectivity index (χ1n) is 0. The molecule has 0 heterocycles. The minimum Gasteiger partial charge on any atom is -2.00 e. The summed E-state index contributed by atoms with van der Waals surface area (Å²) in [5.74, 6) is 0. The van der Waals surface area contributed by atoms with Crippen LogP contribution in [0.1, 0.15) is 0 Å². The zero-order chi connectivity index (χ0) is 0. The van der Waals surface area contributed by atoms with Crippen LogP contribution in [0.3, 0.4) is 0 Å². The maximum atomic E-state index is 0. The fourth-order valence-corrected chi connectivity index (χ4v) is 0. The summed E-state index contributed by atoms with van der Waals surface area (Å²) in [6.07, 6.45) is 0. The first-order chi connectivity index (χ1) is 0. The SMILES string of the molecule is [Nb+5].[Nb+5].[Ni+2].[Ni+2].[O-2].[O-2].[O-2].[O-2].[O-2].[O-2].[O-2].[O-2].[O-2].[O-2].[O-2].[O-2].[O-2].[O-2].[O-2].[O-2].[O-2].[Pb+2].[Pb+2].[Ti+4].[Ti+4].[Zr+4].[Zr+4]. The van der Waals surface area contributed by atoms with E-state index in [9.17, 15) is 0 Å². The van der Waals surface area contributed by atoms with Gasteiger partial charge < -0.3 is 93.1 Å². The summed E-state index contributed by atoms with van der Waals surface area (Å²) < 4.78 is 0. The fraction of sp³-hybridized carbons (Fsp3) is 0. The predicted octanol–water partition coefficient (Wildman–Crippen LogP) is -2.80. The van der Waals surface area contributed by atoms with E-state index in [-0.39, 0.29) is 321 Å². The average molecular weight is 1270 g/mol. The Hall–Kier alpha value is 6.83. The van der Waals surface area contributed by atoms with Crippen molar-refractivity contribution in [3.05, 3.63) is 0 Å². The molecule has 0 saturated heterocycles. The van der Waals surface area contributed by atoms with Crippen molar-refractivity contribution in [2.45, 2.75) is 0 Å². The third-order valence-electron chi connectivity index (χ3n) is 0. The van der Waals surface area contributed by atoms with Gasteiger partial charge in [-0.1, -0.05) is 0 Å². The quantitative estimate of drug-likeness (QED) is 0.222. The van der Waals surface area contributed by atoms with Gasteiger partial charge in [0.25, 0.3) is 0 Å². The van der Waals surface area contributed by atoms with Crippen LogP contribution in [0.15, 0.2) is 0 Å². The molecule has 0 aliphatic carbocycles. The third kappa shape index (κ3) is 669. The Bertz CT molecular complexity index is 48.9. The number of hydrogen-bond acceptors (Lipinski definition) is 0. The zero-order valence-electron chi connectivity index (χ0n) is 11.5. The van der Waals surface area contributed by atoms with Gasteiger partial charge in [-0.15, -0.1) is 0 Å². The molecule has 17 nitrogen and oxygen atoms in total. The second kappa shape index (κ2) is 714. The summed E-state index contributed by atoms with van der Waals surface area (Å²) in [5.41, 5.74) is 0. The molecule has 0 aromatic heterocycles. The molecule has 0 fully saturated rings. The van der Waals surface area contributed by atoms with Crippen molar-refractivity contribution in [2.24, 2.45) is 0 Å². The van der Waals surface area contributed by atoms with Gasteiger partial charge in [-0.2, -0.15) is 0 Å². The molecular weight excluding hydrogens is 1270 g/mol. The van der Waals surface area contributed by atoms with Gasteiger partial charge in [0.2, 0.25) is 0 Å². The molecule has 156 valence electrons. The second-order valence-corrected chi connectivity index (χ2v) is 0. The van der Waals surface area contributed by atoms with E-state index in [2.05, 4.69) is 0 Å². The summed E-state index contributed by atoms with van der Waals surface area (Å²) in [4.78, 5) is 0. The van der Waals surface area contributed by atoms with Crippen LogP contribution in [0.4, 0.5) is 0 Å². The molecule has 0 aromatic rings. The molecule has 0 rings (SSSR count). The van der Waals surface area contributed by atoms with Crippen LogP contribution in [0.25, 0.3) is 0 Å². The first-order valence-corrected chi connectivity index (χ1v) is 0. The zero-order valence-corrected chi connectivity index (χ0v) is 33.7. The summed E-state index contributed by atoms with van der Waals surface area (Å²) in [6.45, 7) is 0. The van der Waals surface area contributed by atoms with Crippen LogP contribution in [0, 0.1) is 0 Å². The molecule has 0 spiro atoms. The molecule has 0 aliphatic rings. The van der Waals surface area contributed by atoms with Crippen molar-refractivity contribution >= 4 is 54.6 Å². The van der Waals surface area contributed by atoms with Crippen molar-refractivity contribution in [3.63, 3.8) is 0 Å². The standard InChI is InChI=1S/2Nb.2Ni.17O.2Pb.2Ti.2Zr/q2*+5;2*+2;17*-2;2*+2;4*+4. The molecule has 0 N–H and O–H groups in total. The van der Waals surface area contributed by atoms with E-state index < -0.39 is 0 Å². The summed E-state index contributed by atoms with van der Waals surface area (Å²) in [5, 5.41) is 0. The largest absolute Gasteiger partial charge is 5.00 e. The fourth-order valence-electron chi connectivity index (χ4n) is 0. The molecular formula is Nb2Ni2O17Pb2Ti2Zr2. The Morgan fingerprint density at radius 2 is 0.222 bits per heavy atom. The molecule has 0 atom stereocenters. The molecule has 27 heteroatoms. The van der Waals surface area contributed by atoms with Crippen molar-refractivity contribution in [1.29, 1.82) is 0 Å². The van der Waals surface area contributed by atoms with E-state index in [1.54, 1.807) is 0 Å². The van der Waals surface area contributed by atoms with Gasteiger partial charge in [0.15, 0.2) is 0 Å². The Kier molecular flexibility index (Phi) is 20700. The average Bonchev–Trinajstić information content (AvgIpc) is 0. The maximum Gasteiger partial charge on any atom is 5.00 e. The summed E-state index contributed by atoms with van der Waals surface area (Å²) in [6, 6.07) is 0. The molecule has 0 bridgehead atoms. The monoisotopic (exact) mass is 1270 g/mol. The number of rotatable bonds is 0. The first kappa shape index (κ1) is 782. The smallest absolute Gasteiger partial charge is 2.00 e. The van der Waals surface area contributed by atoms with Crippen LogP contribution < -0.4 is 0 Å². The molecule has 0 amide bonds. The van der Waals surface area contributed by atoms with E-state index in [4.69, 9.17) is 0 Å². The van der Waals surface area contributed by atoms with Gasteiger partial charge in [-0.05, 0) is 0 Å². The topological polar surface area (TPSA) is 484 Å². The van der Waals surface area contributed by atoms with Crippen LogP contribution in [-0.2, 0) is 267 Å². The molecule has 0 aromatic carbocycles. The van der Waals surface area contributed by atoms with Crippen molar-refractivity contribution in [1.82, 2.24) is 0 Å². The minimum atomic E-state index is 0.